The molecule has 0 fully saturated rings. The summed E-state index contributed by atoms with van der Waals surface area (Å²) in [4.78, 5) is 0. The van der Waals surface area contributed by atoms with Gasteiger partial charge in [0.15, 0.2) is 0 Å². The van der Waals surface area contributed by atoms with Crippen molar-refractivity contribution in [3.63, 3.8) is 0 Å². The predicted molar refractivity (Wildman–Crippen MR) is 64.6 cm³/mol. The number of nitrogens with one attached hydrogen (secondary N) is 2. The van der Waals surface area contributed by atoms with E-state index in [4.69, 9.17) is 0 Å². The Hall–Kier alpha value is -0.0800. The van der Waals surface area contributed by atoms with Gasteiger partial charge in [-0.2, -0.15) is 0 Å². The summed E-state index contributed by atoms with van der Waals surface area (Å²) in [6.07, 6.45) is 0. The van der Waals surface area contributed by atoms with Gasteiger partial charge in [-0.25, -0.2) is 0 Å². The van der Waals surface area contributed by atoms with Crippen LogP contribution in [0.15, 0.2) is 0 Å². The Labute approximate surface area is 89.9 Å². The monoisotopic (exact) mass is 200 g/mol. The molecule has 14 heavy (non-hydrogen) atoms. The third kappa shape index (κ3) is 10.0. The SMILES string of the molecule is CC(C)CNCC(C)NCC(C)(C)C. The molecule has 0 bridgehead atoms. The smallest absolute Gasteiger partial charge is 0.0164 e. The summed E-state index contributed by atoms with van der Waals surface area (Å²) in [5, 5.41) is 6.99. The minimum atomic E-state index is 0.381. The minimum absolute atomic E-state index is 0.381. The molecular formula is C12H28N2. The van der Waals surface area contributed by atoms with E-state index in [9.17, 15) is 0 Å². The fourth-order valence-corrected chi connectivity index (χ4v) is 1.14. The number of rotatable bonds is 6. The summed E-state index contributed by atoms with van der Waals surface area (Å²) in [5.74, 6) is 0.741. The van der Waals surface area contributed by atoms with E-state index in [2.05, 4.69) is 52.2 Å². The van der Waals surface area contributed by atoms with Crippen LogP contribution in [0.2, 0.25) is 0 Å². The molecular weight excluding hydrogens is 172 g/mol. The van der Waals surface area contributed by atoms with Gasteiger partial charge in [0, 0.05) is 19.1 Å². The highest BCUT2D eigenvalue weighted by Gasteiger charge is 2.11. The van der Waals surface area contributed by atoms with Crippen molar-refractivity contribution in [3.05, 3.63) is 0 Å². The van der Waals surface area contributed by atoms with Crippen molar-refractivity contribution < 1.29 is 0 Å². The topological polar surface area (TPSA) is 24.1 Å². The first-order chi connectivity index (χ1) is 6.31. The Kier molecular flexibility index (Phi) is 6.38. The van der Waals surface area contributed by atoms with E-state index in [1.165, 1.54) is 0 Å². The first kappa shape index (κ1) is 13.9. The molecule has 0 aromatic carbocycles. The van der Waals surface area contributed by atoms with Crippen LogP contribution in [-0.4, -0.2) is 25.7 Å². The molecule has 2 nitrogen and oxygen atoms in total. The van der Waals surface area contributed by atoms with Crippen molar-refractivity contribution >= 4 is 0 Å². The lowest BCUT2D eigenvalue weighted by Gasteiger charge is -2.23. The molecule has 86 valence electrons. The van der Waals surface area contributed by atoms with Gasteiger partial charge >= 0.3 is 0 Å². The molecule has 1 atom stereocenters. The zero-order valence-electron chi connectivity index (χ0n) is 10.8. The van der Waals surface area contributed by atoms with Crippen molar-refractivity contribution in [2.75, 3.05) is 19.6 Å². The van der Waals surface area contributed by atoms with Crippen LogP contribution in [0, 0.1) is 11.3 Å². The molecule has 0 rings (SSSR count). The fraction of sp³-hybridized carbons (Fsp3) is 1.00. The molecule has 0 spiro atoms. The fourth-order valence-electron chi connectivity index (χ4n) is 1.14. The van der Waals surface area contributed by atoms with Gasteiger partial charge in [-0.3, -0.25) is 0 Å². The van der Waals surface area contributed by atoms with Crippen LogP contribution in [0.5, 0.6) is 0 Å². The average Bonchev–Trinajstić information content (AvgIpc) is 1.99. The Morgan fingerprint density at radius 3 is 2.00 bits per heavy atom. The summed E-state index contributed by atoms with van der Waals surface area (Å²) in [6, 6.07) is 0.563. The van der Waals surface area contributed by atoms with E-state index in [1.54, 1.807) is 0 Å². The zero-order valence-corrected chi connectivity index (χ0v) is 10.8. The van der Waals surface area contributed by atoms with Gasteiger partial charge in [0.05, 0.1) is 0 Å². The first-order valence-electron chi connectivity index (χ1n) is 5.75. The maximum absolute atomic E-state index is 3.53. The summed E-state index contributed by atoms with van der Waals surface area (Å²) in [5.41, 5.74) is 0.381. The summed E-state index contributed by atoms with van der Waals surface area (Å²) in [7, 11) is 0. The molecule has 0 aliphatic heterocycles. The van der Waals surface area contributed by atoms with E-state index in [1.807, 2.05) is 0 Å². The molecule has 0 aromatic rings. The lowest BCUT2D eigenvalue weighted by atomic mass is 9.96. The van der Waals surface area contributed by atoms with Crippen LogP contribution in [-0.2, 0) is 0 Å². The highest BCUT2D eigenvalue weighted by Crippen LogP contribution is 2.10. The van der Waals surface area contributed by atoms with E-state index in [0.29, 0.717) is 11.5 Å². The highest BCUT2D eigenvalue weighted by molar-refractivity contribution is 4.70. The average molecular weight is 200 g/mol. The van der Waals surface area contributed by atoms with E-state index in [0.717, 1.165) is 25.6 Å². The standard InChI is InChI=1S/C12H28N2/c1-10(2)7-13-8-11(3)14-9-12(4,5)6/h10-11,13-14H,7-9H2,1-6H3. The Bertz CT molecular complexity index is 136. The van der Waals surface area contributed by atoms with Crippen LogP contribution in [0.1, 0.15) is 41.5 Å². The number of hydrogen-bond acceptors (Lipinski definition) is 2. The third-order valence-electron chi connectivity index (χ3n) is 1.98. The van der Waals surface area contributed by atoms with E-state index >= 15 is 0 Å². The van der Waals surface area contributed by atoms with Gasteiger partial charge in [0.25, 0.3) is 0 Å². The molecule has 0 saturated heterocycles. The van der Waals surface area contributed by atoms with Gasteiger partial charge in [0.1, 0.15) is 0 Å². The van der Waals surface area contributed by atoms with E-state index < -0.39 is 0 Å². The minimum Gasteiger partial charge on any atom is -0.315 e. The van der Waals surface area contributed by atoms with Crippen LogP contribution in [0.4, 0.5) is 0 Å². The molecule has 0 aromatic heterocycles. The van der Waals surface area contributed by atoms with Gasteiger partial charge in [-0.05, 0) is 24.8 Å². The first-order valence-corrected chi connectivity index (χ1v) is 5.75. The third-order valence-corrected chi connectivity index (χ3v) is 1.98. The summed E-state index contributed by atoms with van der Waals surface area (Å²) >= 11 is 0. The molecule has 2 heteroatoms. The van der Waals surface area contributed by atoms with Gasteiger partial charge in [-0.15, -0.1) is 0 Å². The number of hydrogen-bond donors (Lipinski definition) is 2. The van der Waals surface area contributed by atoms with Gasteiger partial charge in [-0.1, -0.05) is 34.6 Å². The van der Waals surface area contributed by atoms with Crippen LogP contribution < -0.4 is 10.6 Å². The molecule has 0 saturated carbocycles. The zero-order chi connectivity index (χ0) is 11.2. The summed E-state index contributed by atoms with van der Waals surface area (Å²) < 4.78 is 0. The Balaban J connectivity index is 3.42. The van der Waals surface area contributed by atoms with Crippen LogP contribution in [0.25, 0.3) is 0 Å². The Morgan fingerprint density at radius 2 is 1.57 bits per heavy atom. The second-order valence-electron chi connectivity index (χ2n) is 5.89. The molecule has 0 aliphatic rings. The molecule has 0 aliphatic carbocycles. The van der Waals surface area contributed by atoms with Crippen LogP contribution in [0.3, 0.4) is 0 Å². The highest BCUT2D eigenvalue weighted by atomic mass is 15.0. The lowest BCUT2D eigenvalue weighted by molar-refractivity contribution is 0.349. The lowest BCUT2D eigenvalue weighted by Crippen LogP contribution is -2.41. The maximum atomic E-state index is 3.53. The van der Waals surface area contributed by atoms with Crippen molar-refractivity contribution in [1.82, 2.24) is 10.6 Å². The summed E-state index contributed by atoms with van der Waals surface area (Å²) in [6.45, 7) is 16.7. The van der Waals surface area contributed by atoms with Gasteiger partial charge in [0.2, 0.25) is 0 Å². The van der Waals surface area contributed by atoms with E-state index in [-0.39, 0.29) is 0 Å². The molecule has 0 radical (unpaired) electrons. The second kappa shape index (κ2) is 6.41. The quantitative estimate of drug-likeness (QED) is 0.687. The largest absolute Gasteiger partial charge is 0.315 e. The van der Waals surface area contributed by atoms with Gasteiger partial charge < -0.3 is 10.6 Å². The van der Waals surface area contributed by atoms with Crippen molar-refractivity contribution in [2.24, 2.45) is 11.3 Å². The van der Waals surface area contributed by atoms with Crippen LogP contribution >= 0.6 is 0 Å². The van der Waals surface area contributed by atoms with Crippen molar-refractivity contribution in [2.45, 2.75) is 47.6 Å². The molecule has 2 N–H and O–H groups in total. The molecule has 0 amide bonds. The molecule has 1 unspecified atom stereocenters. The normalized spacial score (nSPS) is 14.8. The Morgan fingerprint density at radius 1 is 1.00 bits per heavy atom. The van der Waals surface area contributed by atoms with Crippen molar-refractivity contribution in [3.8, 4) is 0 Å². The predicted octanol–water partition coefficient (Wildman–Crippen LogP) is 2.26. The van der Waals surface area contributed by atoms with Crippen molar-refractivity contribution in [1.29, 1.82) is 0 Å². The maximum Gasteiger partial charge on any atom is 0.0164 e. The second-order valence-corrected chi connectivity index (χ2v) is 5.89. The molecule has 0 heterocycles.